The van der Waals surface area contributed by atoms with E-state index in [2.05, 4.69) is 5.32 Å². The van der Waals surface area contributed by atoms with Gasteiger partial charge in [0.2, 0.25) is 9.84 Å². The number of nitriles is 1. The predicted octanol–water partition coefficient (Wildman–Crippen LogP) is 2.01. The van der Waals surface area contributed by atoms with E-state index in [-0.39, 0.29) is 4.90 Å². The van der Waals surface area contributed by atoms with E-state index in [0.717, 1.165) is 5.56 Å². The monoisotopic (exact) mass is 329 g/mol. The second-order valence-corrected chi connectivity index (χ2v) is 7.01. The smallest absolute Gasteiger partial charge is 0.313 e. The normalized spacial score (nSPS) is 12.2. The van der Waals surface area contributed by atoms with E-state index in [1.807, 2.05) is 13.0 Å². The number of nitrogens with two attached hydrogens (primary N) is 1. The molecule has 118 valence electrons. The fourth-order valence-electron chi connectivity index (χ4n) is 2.07. The van der Waals surface area contributed by atoms with Crippen LogP contribution in [0.3, 0.4) is 0 Å². The summed E-state index contributed by atoms with van der Waals surface area (Å²) in [5.74, 6) is 0. The maximum Gasteiger partial charge on any atom is 0.313 e. The first-order valence-corrected chi connectivity index (χ1v) is 8.26. The minimum atomic E-state index is -3.88. The summed E-state index contributed by atoms with van der Waals surface area (Å²) in [4.78, 5) is 11.3. The van der Waals surface area contributed by atoms with Crippen molar-refractivity contribution in [3.05, 3.63) is 65.2 Å². The van der Waals surface area contributed by atoms with E-state index in [9.17, 15) is 13.2 Å². The SMILES string of the molecule is Cc1ccc(S(=O)(=O)C(NC(N)=O)c2ccc(C#N)cc2)cc1. The molecule has 0 saturated carbocycles. The van der Waals surface area contributed by atoms with Gasteiger partial charge in [0, 0.05) is 0 Å². The van der Waals surface area contributed by atoms with Crippen molar-refractivity contribution >= 4 is 15.9 Å². The molecule has 0 aliphatic heterocycles. The van der Waals surface area contributed by atoms with Crippen LogP contribution < -0.4 is 11.1 Å². The quantitative estimate of drug-likeness (QED) is 0.893. The lowest BCUT2D eigenvalue weighted by Crippen LogP contribution is -2.37. The van der Waals surface area contributed by atoms with Crippen LogP contribution in [0.15, 0.2) is 53.4 Å². The number of nitrogens with zero attached hydrogens (tertiary/aromatic N) is 1. The zero-order valence-electron chi connectivity index (χ0n) is 12.4. The molecule has 7 heteroatoms. The standard InChI is InChI=1S/C16H15N3O3S/c1-11-2-8-14(9-3-11)23(21,22)15(19-16(18)20)13-6-4-12(10-17)5-7-13/h2-9,15H,1H3,(H3,18,19,20). The van der Waals surface area contributed by atoms with E-state index in [4.69, 9.17) is 11.0 Å². The van der Waals surface area contributed by atoms with Crippen LogP contribution in [-0.4, -0.2) is 14.4 Å². The molecule has 0 bridgehead atoms. The Balaban J connectivity index is 2.50. The number of rotatable bonds is 4. The third kappa shape index (κ3) is 3.67. The average molecular weight is 329 g/mol. The number of sulfone groups is 1. The van der Waals surface area contributed by atoms with Gasteiger partial charge in [0.25, 0.3) is 0 Å². The number of amides is 2. The summed E-state index contributed by atoms with van der Waals surface area (Å²) < 4.78 is 25.6. The summed E-state index contributed by atoms with van der Waals surface area (Å²) in [5.41, 5.74) is 6.75. The molecular formula is C16H15N3O3S. The van der Waals surface area contributed by atoms with Gasteiger partial charge in [-0.15, -0.1) is 0 Å². The van der Waals surface area contributed by atoms with E-state index in [0.29, 0.717) is 11.1 Å². The van der Waals surface area contributed by atoms with Crippen LogP contribution in [0.25, 0.3) is 0 Å². The van der Waals surface area contributed by atoms with Crippen molar-refractivity contribution in [3.8, 4) is 6.07 Å². The third-order valence-corrected chi connectivity index (χ3v) is 5.22. The Morgan fingerprint density at radius 1 is 1.13 bits per heavy atom. The molecule has 3 N–H and O–H groups in total. The van der Waals surface area contributed by atoms with E-state index < -0.39 is 21.2 Å². The lowest BCUT2D eigenvalue weighted by atomic mass is 10.1. The van der Waals surface area contributed by atoms with Gasteiger partial charge in [0.15, 0.2) is 5.37 Å². The van der Waals surface area contributed by atoms with Gasteiger partial charge in [-0.1, -0.05) is 29.8 Å². The lowest BCUT2D eigenvalue weighted by molar-refractivity contribution is 0.248. The number of hydrogen-bond donors (Lipinski definition) is 2. The van der Waals surface area contributed by atoms with Crippen LogP contribution in [-0.2, 0) is 9.84 Å². The van der Waals surface area contributed by atoms with Crippen LogP contribution in [0.1, 0.15) is 22.1 Å². The fourth-order valence-corrected chi connectivity index (χ4v) is 3.64. The summed E-state index contributed by atoms with van der Waals surface area (Å²) in [7, 11) is -3.88. The molecule has 2 rings (SSSR count). The highest BCUT2D eigenvalue weighted by Crippen LogP contribution is 2.27. The van der Waals surface area contributed by atoms with Gasteiger partial charge in [-0.3, -0.25) is 0 Å². The van der Waals surface area contributed by atoms with Crippen molar-refractivity contribution in [1.29, 1.82) is 5.26 Å². The van der Waals surface area contributed by atoms with Crippen molar-refractivity contribution in [2.45, 2.75) is 17.2 Å². The van der Waals surface area contributed by atoms with Crippen molar-refractivity contribution in [2.75, 3.05) is 0 Å². The molecule has 0 aliphatic carbocycles. The highest BCUT2D eigenvalue weighted by atomic mass is 32.2. The Kier molecular flexibility index (Phi) is 4.67. The largest absolute Gasteiger partial charge is 0.352 e. The molecule has 2 amide bonds. The summed E-state index contributed by atoms with van der Waals surface area (Å²) in [5, 5.41) is 9.75. The van der Waals surface area contributed by atoms with Crippen molar-refractivity contribution in [3.63, 3.8) is 0 Å². The number of nitrogens with one attached hydrogen (secondary N) is 1. The molecule has 2 aromatic rings. The molecule has 0 radical (unpaired) electrons. The first-order valence-electron chi connectivity index (χ1n) is 6.71. The summed E-state index contributed by atoms with van der Waals surface area (Å²) in [6.07, 6.45) is 0. The number of aryl methyl sites for hydroxylation is 1. The molecule has 6 nitrogen and oxygen atoms in total. The van der Waals surface area contributed by atoms with Crippen LogP contribution >= 0.6 is 0 Å². The van der Waals surface area contributed by atoms with Gasteiger partial charge in [-0.05, 0) is 36.8 Å². The molecule has 2 aromatic carbocycles. The van der Waals surface area contributed by atoms with Crippen LogP contribution in [0.4, 0.5) is 4.79 Å². The maximum absolute atomic E-state index is 12.8. The molecule has 0 aliphatic rings. The first kappa shape index (κ1) is 16.5. The molecular weight excluding hydrogens is 314 g/mol. The Labute approximate surface area is 134 Å². The van der Waals surface area contributed by atoms with Crippen LogP contribution in [0.5, 0.6) is 0 Å². The van der Waals surface area contributed by atoms with Gasteiger partial charge >= 0.3 is 6.03 Å². The molecule has 1 unspecified atom stereocenters. The Bertz CT molecular complexity index is 851. The van der Waals surface area contributed by atoms with Gasteiger partial charge in [-0.2, -0.15) is 5.26 Å². The topological polar surface area (TPSA) is 113 Å². The lowest BCUT2D eigenvalue weighted by Gasteiger charge is -2.19. The molecule has 0 aromatic heterocycles. The highest BCUT2D eigenvalue weighted by Gasteiger charge is 2.30. The van der Waals surface area contributed by atoms with Crippen LogP contribution in [0, 0.1) is 18.3 Å². The number of carbonyl (C=O) groups is 1. The summed E-state index contributed by atoms with van der Waals surface area (Å²) >= 11 is 0. The number of urea groups is 1. The second kappa shape index (κ2) is 6.50. The molecule has 1 atom stereocenters. The maximum atomic E-state index is 12.8. The molecule has 0 spiro atoms. The van der Waals surface area contributed by atoms with Crippen molar-refractivity contribution < 1.29 is 13.2 Å². The van der Waals surface area contributed by atoms with Gasteiger partial charge in [0.1, 0.15) is 0 Å². The van der Waals surface area contributed by atoms with E-state index in [1.54, 1.807) is 12.1 Å². The molecule has 23 heavy (non-hydrogen) atoms. The highest BCUT2D eigenvalue weighted by molar-refractivity contribution is 7.91. The fraction of sp³-hybridized carbons (Fsp3) is 0.125. The Morgan fingerprint density at radius 2 is 1.70 bits per heavy atom. The second-order valence-electron chi connectivity index (χ2n) is 4.98. The van der Waals surface area contributed by atoms with E-state index >= 15 is 0 Å². The van der Waals surface area contributed by atoms with Gasteiger partial charge < -0.3 is 11.1 Å². The van der Waals surface area contributed by atoms with E-state index in [1.165, 1.54) is 36.4 Å². The zero-order chi connectivity index (χ0) is 17.0. The van der Waals surface area contributed by atoms with Crippen LogP contribution in [0.2, 0.25) is 0 Å². The first-order chi connectivity index (χ1) is 10.8. The number of benzene rings is 2. The molecule has 0 saturated heterocycles. The number of primary amides is 1. The zero-order valence-corrected chi connectivity index (χ0v) is 13.2. The minimum Gasteiger partial charge on any atom is -0.352 e. The molecule has 0 fully saturated rings. The number of carbonyl (C=O) groups excluding carboxylic acids is 1. The Morgan fingerprint density at radius 3 is 2.17 bits per heavy atom. The van der Waals surface area contributed by atoms with Crippen molar-refractivity contribution in [1.82, 2.24) is 5.32 Å². The minimum absolute atomic E-state index is 0.0752. The summed E-state index contributed by atoms with van der Waals surface area (Å²) in [6, 6.07) is 13.2. The third-order valence-electron chi connectivity index (χ3n) is 3.28. The average Bonchev–Trinajstić information content (AvgIpc) is 2.53. The summed E-state index contributed by atoms with van der Waals surface area (Å²) in [6.45, 7) is 1.84. The number of hydrogen-bond acceptors (Lipinski definition) is 4. The van der Waals surface area contributed by atoms with Gasteiger partial charge in [-0.25, -0.2) is 13.2 Å². The van der Waals surface area contributed by atoms with Crippen molar-refractivity contribution in [2.24, 2.45) is 5.73 Å². The molecule has 0 heterocycles. The predicted molar refractivity (Wildman–Crippen MR) is 85.0 cm³/mol. The van der Waals surface area contributed by atoms with Gasteiger partial charge in [0.05, 0.1) is 16.5 Å². The Hall–Kier alpha value is -2.85.